The lowest BCUT2D eigenvalue weighted by Gasteiger charge is -1.99. The second-order valence-electron chi connectivity index (χ2n) is 2.10. The number of rotatable bonds is 2. The zero-order valence-electron chi connectivity index (χ0n) is 7.13. The summed E-state index contributed by atoms with van der Waals surface area (Å²) in [6.07, 6.45) is 0.823. The molecule has 0 N–H and O–H groups in total. The Bertz CT molecular complexity index is 205. The topological polar surface area (TPSA) is 9.23 Å². The van der Waals surface area contributed by atoms with Crippen molar-refractivity contribution in [2.45, 2.75) is 13.3 Å². The fraction of sp³-hybridized carbons (Fsp3) is 0.333. The molecule has 0 spiro atoms. The Hall–Kier alpha value is -0.980. The van der Waals surface area contributed by atoms with E-state index in [4.69, 9.17) is 6.11 Å². The van der Waals surface area contributed by atoms with Crippen molar-refractivity contribution in [3.05, 3.63) is 29.8 Å². The Morgan fingerprint density at radius 3 is 2.60 bits per heavy atom. The number of benzene rings is 1. The van der Waals surface area contributed by atoms with E-state index in [0.717, 1.165) is 12.2 Å². The molecule has 0 heterocycles. The first-order valence-electron chi connectivity index (χ1n) is 3.99. The van der Waals surface area contributed by atoms with E-state index in [1.165, 1.54) is 5.56 Å². The minimum atomic E-state index is 0.451. The predicted molar refractivity (Wildman–Crippen MR) is 42.4 cm³/mol. The molecule has 1 heteroatoms. The molecule has 0 saturated heterocycles. The van der Waals surface area contributed by atoms with Crippen LogP contribution in [0.15, 0.2) is 24.3 Å². The zero-order chi connectivity index (χ0) is 8.10. The van der Waals surface area contributed by atoms with E-state index in [1.807, 2.05) is 24.3 Å². The highest BCUT2D eigenvalue weighted by atomic mass is 16.5. The summed E-state index contributed by atoms with van der Waals surface area (Å²) in [5.74, 6) is 0.874. The smallest absolute Gasteiger partial charge is 0.118 e. The van der Waals surface area contributed by atoms with Crippen LogP contribution in [0.25, 0.3) is 0 Å². The second-order valence-corrected chi connectivity index (χ2v) is 2.10. The van der Waals surface area contributed by atoms with Crippen LogP contribution in [0.2, 0.25) is 0 Å². The Labute approximate surface area is 63.0 Å². The molecule has 0 aliphatic heterocycles. The van der Waals surface area contributed by atoms with E-state index in [9.17, 15) is 0 Å². The molecule has 1 aromatic carbocycles. The van der Waals surface area contributed by atoms with Crippen molar-refractivity contribution in [1.82, 2.24) is 0 Å². The molecule has 0 saturated carbocycles. The summed E-state index contributed by atoms with van der Waals surface area (Å²) in [6, 6.07) is 7.83. The maximum absolute atomic E-state index is 7.01. The first-order valence-corrected chi connectivity index (χ1v) is 3.29. The SMILES string of the molecule is [2H]CCc1ccc(OC)cc1. The molecular weight excluding hydrogens is 124 g/mol. The molecule has 0 bridgehead atoms. The standard InChI is InChI=1S/C9H12O/c1-3-8-4-6-9(10-2)7-5-8/h4-7H,3H2,1-2H3/i1D. The lowest BCUT2D eigenvalue weighted by molar-refractivity contribution is 0.414. The van der Waals surface area contributed by atoms with Crippen molar-refractivity contribution >= 4 is 0 Å². The third-order valence-electron chi connectivity index (χ3n) is 1.45. The molecule has 0 aliphatic carbocycles. The summed E-state index contributed by atoms with van der Waals surface area (Å²) in [4.78, 5) is 0. The number of hydrogen-bond acceptors (Lipinski definition) is 1. The van der Waals surface area contributed by atoms with E-state index in [-0.39, 0.29) is 0 Å². The van der Waals surface area contributed by atoms with Crippen LogP contribution in [0.1, 0.15) is 13.8 Å². The van der Waals surface area contributed by atoms with Gasteiger partial charge in [-0.05, 0) is 24.1 Å². The monoisotopic (exact) mass is 137 g/mol. The van der Waals surface area contributed by atoms with Gasteiger partial charge in [0.15, 0.2) is 0 Å². The molecule has 0 fully saturated rings. The molecular formula is C9H12O. The van der Waals surface area contributed by atoms with Gasteiger partial charge in [-0.2, -0.15) is 0 Å². The Balaban J connectivity index is 2.66. The van der Waals surface area contributed by atoms with E-state index >= 15 is 0 Å². The Morgan fingerprint density at radius 1 is 1.40 bits per heavy atom. The third-order valence-corrected chi connectivity index (χ3v) is 1.45. The summed E-state index contributed by atoms with van der Waals surface area (Å²) < 4.78 is 12.0. The van der Waals surface area contributed by atoms with Gasteiger partial charge in [0.2, 0.25) is 0 Å². The lowest BCUT2D eigenvalue weighted by Crippen LogP contribution is -1.83. The highest BCUT2D eigenvalue weighted by molar-refractivity contribution is 5.26. The average Bonchev–Trinajstić information content (AvgIpc) is 2.07. The number of aryl methyl sites for hydroxylation is 1. The normalized spacial score (nSPS) is 10.7. The van der Waals surface area contributed by atoms with Crippen LogP contribution in [0.5, 0.6) is 5.75 Å². The van der Waals surface area contributed by atoms with Crippen molar-refractivity contribution < 1.29 is 6.11 Å². The van der Waals surface area contributed by atoms with Crippen LogP contribution in [-0.2, 0) is 6.42 Å². The molecule has 10 heavy (non-hydrogen) atoms. The Kier molecular flexibility index (Phi) is 1.88. The second kappa shape index (κ2) is 3.25. The summed E-state index contributed by atoms with van der Waals surface area (Å²) in [7, 11) is 1.65. The summed E-state index contributed by atoms with van der Waals surface area (Å²) >= 11 is 0. The van der Waals surface area contributed by atoms with Crippen LogP contribution in [0.4, 0.5) is 0 Å². The quantitative estimate of drug-likeness (QED) is 0.607. The number of ether oxygens (including phenoxy) is 1. The van der Waals surface area contributed by atoms with Crippen LogP contribution in [0.3, 0.4) is 0 Å². The molecule has 0 aliphatic rings. The van der Waals surface area contributed by atoms with Gasteiger partial charge in [-0.15, -0.1) is 0 Å². The molecule has 1 rings (SSSR count). The van der Waals surface area contributed by atoms with Crippen LogP contribution in [-0.4, -0.2) is 7.11 Å². The molecule has 0 unspecified atom stereocenters. The summed E-state index contributed by atoms with van der Waals surface area (Å²) in [6.45, 7) is 0.451. The average molecular weight is 137 g/mol. The Morgan fingerprint density at radius 2 is 2.10 bits per heavy atom. The van der Waals surface area contributed by atoms with Gasteiger partial charge in [0.05, 0.1) is 7.11 Å². The lowest BCUT2D eigenvalue weighted by atomic mass is 10.2. The molecule has 54 valence electrons. The maximum Gasteiger partial charge on any atom is 0.118 e. The number of methoxy groups -OCH3 is 1. The van der Waals surface area contributed by atoms with Gasteiger partial charge < -0.3 is 4.74 Å². The van der Waals surface area contributed by atoms with Gasteiger partial charge in [-0.3, -0.25) is 0 Å². The van der Waals surface area contributed by atoms with Gasteiger partial charge in [-0.25, -0.2) is 0 Å². The molecule has 1 aromatic rings. The van der Waals surface area contributed by atoms with Gasteiger partial charge in [0, 0.05) is 1.37 Å². The fourth-order valence-electron chi connectivity index (χ4n) is 0.792. The molecule has 0 radical (unpaired) electrons. The van der Waals surface area contributed by atoms with Crippen molar-refractivity contribution in [3.63, 3.8) is 0 Å². The summed E-state index contributed by atoms with van der Waals surface area (Å²) in [5.41, 5.74) is 1.20. The molecule has 0 aromatic heterocycles. The number of hydrogen-bond donors (Lipinski definition) is 0. The van der Waals surface area contributed by atoms with Crippen molar-refractivity contribution in [3.8, 4) is 5.75 Å². The van der Waals surface area contributed by atoms with Crippen molar-refractivity contribution in [2.75, 3.05) is 7.11 Å². The zero-order valence-corrected chi connectivity index (χ0v) is 6.13. The third kappa shape index (κ3) is 1.50. The summed E-state index contributed by atoms with van der Waals surface area (Å²) in [5, 5.41) is 0. The van der Waals surface area contributed by atoms with Crippen LogP contribution in [0, 0.1) is 0 Å². The van der Waals surface area contributed by atoms with Gasteiger partial charge in [0.25, 0.3) is 0 Å². The van der Waals surface area contributed by atoms with Gasteiger partial charge in [0.1, 0.15) is 5.75 Å². The largest absolute Gasteiger partial charge is 0.497 e. The molecule has 0 atom stereocenters. The van der Waals surface area contributed by atoms with Gasteiger partial charge in [-0.1, -0.05) is 19.0 Å². The fourth-order valence-corrected chi connectivity index (χ4v) is 0.792. The van der Waals surface area contributed by atoms with Crippen LogP contribution >= 0.6 is 0 Å². The van der Waals surface area contributed by atoms with E-state index < -0.39 is 0 Å². The van der Waals surface area contributed by atoms with E-state index in [0.29, 0.717) is 6.90 Å². The predicted octanol–water partition coefficient (Wildman–Crippen LogP) is 2.26. The highest BCUT2D eigenvalue weighted by Gasteiger charge is 1.89. The van der Waals surface area contributed by atoms with E-state index in [1.54, 1.807) is 7.11 Å². The first kappa shape index (κ1) is 5.78. The van der Waals surface area contributed by atoms with Gasteiger partial charge >= 0.3 is 0 Å². The highest BCUT2D eigenvalue weighted by Crippen LogP contribution is 2.10. The van der Waals surface area contributed by atoms with Crippen molar-refractivity contribution in [1.29, 1.82) is 0 Å². The molecule has 1 nitrogen and oxygen atoms in total. The first-order chi connectivity index (χ1) is 5.36. The van der Waals surface area contributed by atoms with Crippen molar-refractivity contribution in [2.24, 2.45) is 0 Å². The minimum absolute atomic E-state index is 0.451. The minimum Gasteiger partial charge on any atom is -0.497 e. The van der Waals surface area contributed by atoms with Crippen LogP contribution < -0.4 is 4.74 Å². The van der Waals surface area contributed by atoms with E-state index in [2.05, 4.69) is 0 Å². The molecule has 0 amide bonds. The maximum atomic E-state index is 7.01.